The first-order chi connectivity index (χ1) is 38.3. The highest BCUT2D eigenvalue weighted by Gasteiger charge is 2.75. The van der Waals surface area contributed by atoms with Gasteiger partial charge in [0.05, 0.1) is 50.2 Å². The summed E-state index contributed by atoms with van der Waals surface area (Å²) >= 11 is 0. The molecule has 25 heteroatoms. The van der Waals surface area contributed by atoms with Crippen molar-refractivity contribution in [1.29, 1.82) is 0 Å². The number of carboxylic acids is 1. The maximum atomic E-state index is 13.4. The zero-order valence-corrected chi connectivity index (χ0v) is 48.1. The molecule has 29 atom stereocenters. The lowest BCUT2D eigenvalue weighted by atomic mass is 9.32. The topological polar surface area (TPSA) is 400 Å². The summed E-state index contributed by atoms with van der Waals surface area (Å²) in [7, 11) is 0. The Bertz CT molecular complexity index is 2370. The number of allylic oxidation sites excluding steroid dienone is 2. The summed E-state index contributed by atoms with van der Waals surface area (Å²) in [5, 5.41) is 156. The molecule has 4 saturated carbocycles. The van der Waals surface area contributed by atoms with Crippen LogP contribution in [0.15, 0.2) is 23.3 Å². The predicted octanol–water partition coefficient (Wildman–Crippen LogP) is -1.76. The number of aliphatic hydroxyl groups excluding tert-OH is 13. The lowest BCUT2D eigenvalue weighted by molar-refractivity contribution is -0.399. The Balaban J connectivity index is 1.04. The molecule has 0 unspecified atom stereocenters. The number of esters is 1. The first kappa shape index (κ1) is 64.1. The van der Waals surface area contributed by atoms with Crippen LogP contribution in [0, 0.1) is 50.2 Å². The van der Waals surface area contributed by atoms with Crippen LogP contribution < -0.4 is 0 Å². The first-order valence-corrected chi connectivity index (χ1v) is 28.9. The standard InChI is InChI=1S/C57H90O25/c1-10-23(2)47(73)77-32-18-52(3,4)17-25-24-11-12-30-54(7)15-14-31(53(5,6)29(54)13-16-55(30,8)56(24,9)44(69)45(70)57(25,32)22-59)78-51-43(82-49-38(67)36(65)35(64)28(19-58)76-49)40(39(68)41(80-51)46(71)72)79-50-42(34(63)27(61)21-75-50)81-48-37(66)33(62)26(60)20-74-48/h10-11,25-45,48-51,58-70H,12-22H2,1-9H3,(H,71,72)/t25-,26+,27-,28+,29-,30+,31-,32-,33-,34-,35-,36-,37+,38+,39-,40-,41-,42+,43+,44-,45+,48-,49-,50-,51+,54-,55+,56-,57+/m0/s1. The number of aliphatic hydroxyl groups is 13. The fourth-order valence-electron chi connectivity index (χ4n) is 16.8. The number of fused-ring (bicyclic) bond motifs is 7. The summed E-state index contributed by atoms with van der Waals surface area (Å²) < 4.78 is 54.7. The highest BCUT2D eigenvalue weighted by Crippen LogP contribution is 2.76. The summed E-state index contributed by atoms with van der Waals surface area (Å²) in [6, 6.07) is 0. The summed E-state index contributed by atoms with van der Waals surface area (Å²) in [6.07, 6.45) is -30.9. The molecule has 0 aromatic heterocycles. The van der Waals surface area contributed by atoms with Crippen LogP contribution in [-0.4, -0.2) is 245 Å². The zero-order valence-electron chi connectivity index (χ0n) is 48.1. The van der Waals surface area contributed by atoms with Gasteiger partial charge in [-0.2, -0.15) is 0 Å². The van der Waals surface area contributed by atoms with E-state index in [1.807, 2.05) is 20.8 Å². The van der Waals surface area contributed by atoms with Gasteiger partial charge in [-0.15, -0.1) is 0 Å². The minimum atomic E-state index is -2.21. The number of hydrogen-bond acceptors (Lipinski definition) is 24. The summed E-state index contributed by atoms with van der Waals surface area (Å²) in [5.41, 5.74) is -3.44. The van der Waals surface area contributed by atoms with Crippen molar-refractivity contribution in [3.8, 4) is 0 Å². The van der Waals surface area contributed by atoms with Crippen LogP contribution in [-0.2, 0) is 52.2 Å². The van der Waals surface area contributed by atoms with E-state index >= 15 is 0 Å². The van der Waals surface area contributed by atoms with Gasteiger partial charge in [0.1, 0.15) is 85.5 Å². The lowest BCUT2D eigenvalue weighted by Crippen LogP contribution is -2.74. The van der Waals surface area contributed by atoms with Crippen LogP contribution in [0.5, 0.6) is 0 Å². The summed E-state index contributed by atoms with van der Waals surface area (Å²) in [4.78, 5) is 26.6. The summed E-state index contributed by atoms with van der Waals surface area (Å²) in [5.74, 6) is -2.97. The van der Waals surface area contributed by atoms with E-state index < -0.39 is 206 Å². The van der Waals surface area contributed by atoms with E-state index in [1.165, 1.54) is 0 Å². The van der Waals surface area contributed by atoms with Gasteiger partial charge in [0.2, 0.25) is 0 Å². The molecule has 468 valence electrons. The molecule has 5 aliphatic carbocycles. The van der Waals surface area contributed by atoms with Crippen LogP contribution in [0.1, 0.15) is 107 Å². The second-order valence-electron chi connectivity index (χ2n) is 27.1. The van der Waals surface area contributed by atoms with Crippen molar-refractivity contribution in [2.24, 2.45) is 50.2 Å². The molecule has 9 rings (SSSR count). The Kier molecular flexibility index (Phi) is 18.2. The molecule has 14 N–H and O–H groups in total. The van der Waals surface area contributed by atoms with Crippen molar-refractivity contribution in [3.63, 3.8) is 0 Å². The molecule has 4 saturated heterocycles. The molecule has 0 bridgehead atoms. The molecule has 8 fully saturated rings. The van der Waals surface area contributed by atoms with E-state index in [1.54, 1.807) is 19.9 Å². The van der Waals surface area contributed by atoms with Gasteiger partial charge in [-0.05, 0) is 98.2 Å². The molecular formula is C57H90O25. The Labute approximate surface area is 476 Å². The van der Waals surface area contributed by atoms with E-state index in [0.717, 1.165) is 5.57 Å². The average molecular weight is 1180 g/mol. The van der Waals surface area contributed by atoms with E-state index in [4.69, 9.17) is 42.6 Å². The maximum Gasteiger partial charge on any atom is 0.335 e. The van der Waals surface area contributed by atoms with Crippen molar-refractivity contribution in [3.05, 3.63) is 23.3 Å². The van der Waals surface area contributed by atoms with Crippen LogP contribution in [0.25, 0.3) is 0 Å². The quantitative estimate of drug-likeness (QED) is 0.0420. The highest BCUT2D eigenvalue weighted by molar-refractivity contribution is 5.87. The molecule has 0 radical (unpaired) electrons. The third kappa shape index (κ3) is 10.3. The second-order valence-corrected chi connectivity index (χ2v) is 27.1. The molecule has 25 nitrogen and oxygen atoms in total. The van der Waals surface area contributed by atoms with Crippen LogP contribution in [0.4, 0.5) is 0 Å². The number of carbonyl (C=O) groups is 2. The minimum absolute atomic E-state index is 0.107. The number of ether oxygens (including phenoxy) is 9. The highest BCUT2D eigenvalue weighted by atomic mass is 16.8. The lowest BCUT2D eigenvalue weighted by Gasteiger charge is -2.73. The van der Waals surface area contributed by atoms with Gasteiger partial charge in [0, 0.05) is 11.0 Å². The zero-order chi connectivity index (χ0) is 60.3. The van der Waals surface area contributed by atoms with Crippen molar-refractivity contribution < 1.29 is 124 Å². The van der Waals surface area contributed by atoms with Crippen LogP contribution in [0.3, 0.4) is 0 Å². The average Bonchev–Trinajstić information content (AvgIpc) is 2.04. The molecule has 0 amide bonds. The van der Waals surface area contributed by atoms with Gasteiger partial charge in [0.15, 0.2) is 31.3 Å². The third-order valence-corrected chi connectivity index (χ3v) is 21.9. The number of aliphatic carboxylic acids is 1. The molecule has 82 heavy (non-hydrogen) atoms. The number of carbonyl (C=O) groups excluding carboxylic acids is 1. The van der Waals surface area contributed by atoms with Gasteiger partial charge in [0.25, 0.3) is 0 Å². The Morgan fingerprint density at radius 1 is 0.646 bits per heavy atom. The van der Waals surface area contributed by atoms with Crippen molar-refractivity contribution in [2.75, 3.05) is 26.4 Å². The molecule has 0 spiro atoms. The monoisotopic (exact) mass is 1170 g/mol. The molecule has 9 aliphatic rings. The molecule has 0 aromatic carbocycles. The van der Waals surface area contributed by atoms with E-state index in [-0.39, 0.29) is 17.3 Å². The largest absolute Gasteiger partial charge is 0.479 e. The normalized spacial score (nSPS) is 52.0. The summed E-state index contributed by atoms with van der Waals surface area (Å²) in [6.45, 7) is 15.5. The maximum absolute atomic E-state index is 13.4. The van der Waals surface area contributed by atoms with Crippen LogP contribution >= 0.6 is 0 Å². The van der Waals surface area contributed by atoms with Crippen molar-refractivity contribution in [1.82, 2.24) is 0 Å². The van der Waals surface area contributed by atoms with Gasteiger partial charge in [-0.1, -0.05) is 66.2 Å². The Morgan fingerprint density at radius 2 is 1.27 bits per heavy atom. The van der Waals surface area contributed by atoms with Crippen molar-refractivity contribution >= 4 is 11.9 Å². The number of carboxylic acid groups (broad SMARTS) is 1. The van der Waals surface area contributed by atoms with Crippen LogP contribution in [0.2, 0.25) is 0 Å². The Morgan fingerprint density at radius 3 is 1.90 bits per heavy atom. The first-order valence-electron chi connectivity index (χ1n) is 28.9. The fourth-order valence-corrected chi connectivity index (χ4v) is 16.8. The smallest absolute Gasteiger partial charge is 0.335 e. The minimum Gasteiger partial charge on any atom is -0.479 e. The number of hydrogen-bond donors (Lipinski definition) is 14. The number of rotatable bonds is 13. The fraction of sp³-hybridized carbons (Fsp3) is 0.895. The molecule has 4 aliphatic heterocycles. The molecule has 0 aromatic rings. The van der Waals surface area contributed by atoms with Gasteiger partial charge in [-0.3, -0.25) is 0 Å². The van der Waals surface area contributed by atoms with Gasteiger partial charge < -0.3 is 114 Å². The van der Waals surface area contributed by atoms with Gasteiger partial charge >= 0.3 is 11.9 Å². The predicted molar refractivity (Wildman–Crippen MR) is 279 cm³/mol. The van der Waals surface area contributed by atoms with E-state index in [2.05, 4.69) is 33.8 Å². The Hall–Kier alpha value is -2.42. The van der Waals surface area contributed by atoms with Gasteiger partial charge in [-0.25, -0.2) is 9.59 Å². The van der Waals surface area contributed by atoms with Crippen molar-refractivity contribution in [2.45, 2.75) is 242 Å². The SMILES string of the molecule is CC=C(C)C(=O)O[C@H]1CC(C)(C)C[C@H]2C3=CC[C@@H]4[C@@]5(C)CC[C@H](O[C@@H]6O[C@H](C(=O)O)[C@@H](O)[C@H](O[C@@H]7OC[C@H](O)[C@H](O)[C@H]7O[C@@H]7OC[C@@H](O)[C@H](O)[C@H]7O)[C@H]6O[C@@H]6O[C@H](CO)[C@H](O)[C@H](O)[C@H]6O)C(C)(C)[C@@H]5CC[C@@]4(C)[C@]3(C)[C@@H](O)[C@@H](O)[C@@]12CO. The van der Waals surface area contributed by atoms with E-state index in [0.29, 0.717) is 50.5 Å². The second kappa shape index (κ2) is 23.3. The molecular weight excluding hydrogens is 1080 g/mol. The van der Waals surface area contributed by atoms with E-state index in [9.17, 15) is 81.1 Å². The molecule has 4 heterocycles. The third-order valence-electron chi connectivity index (χ3n) is 21.9.